The molecule has 1 rings (SSSR count). The lowest BCUT2D eigenvalue weighted by atomic mass is 9.79. The summed E-state index contributed by atoms with van der Waals surface area (Å²) >= 11 is 0. The number of hydrogen-bond donors (Lipinski definition) is 4. The van der Waals surface area contributed by atoms with Crippen LogP contribution in [0.25, 0.3) is 0 Å². The van der Waals surface area contributed by atoms with Gasteiger partial charge in [0, 0.05) is 24.9 Å². The van der Waals surface area contributed by atoms with Crippen LogP contribution in [0.5, 0.6) is 0 Å². The zero-order valence-electron chi connectivity index (χ0n) is 11.4. The highest BCUT2D eigenvalue weighted by Gasteiger charge is 2.32. The third-order valence-electron chi connectivity index (χ3n) is 3.86. The Balaban J connectivity index is 2.31. The van der Waals surface area contributed by atoms with E-state index in [1.807, 2.05) is 7.05 Å². The monoisotopic (exact) mass is 272 g/mol. The lowest BCUT2D eigenvalue weighted by molar-refractivity contribution is -0.147. The molecule has 0 aliphatic heterocycles. The summed E-state index contributed by atoms with van der Waals surface area (Å²) in [6, 6.07) is 0. The number of aliphatic hydroxyl groups is 1. The topological polar surface area (TPSA) is 98.7 Å². The Hall–Kier alpha value is -1.14. The van der Waals surface area contributed by atoms with Crippen molar-refractivity contribution in [3.05, 3.63) is 0 Å². The third-order valence-corrected chi connectivity index (χ3v) is 3.86. The lowest BCUT2D eigenvalue weighted by Crippen LogP contribution is -2.48. The lowest BCUT2D eigenvalue weighted by Gasteiger charge is -2.36. The van der Waals surface area contributed by atoms with Gasteiger partial charge < -0.3 is 20.8 Å². The summed E-state index contributed by atoms with van der Waals surface area (Å²) in [5, 5.41) is 23.5. The number of carbonyl (C=O) groups is 2. The largest absolute Gasteiger partial charge is 0.479 e. The van der Waals surface area contributed by atoms with E-state index in [0.29, 0.717) is 6.42 Å². The van der Waals surface area contributed by atoms with Gasteiger partial charge in [-0.3, -0.25) is 4.79 Å². The smallest absolute Gasteiger partial charge is 0.332 e. The van der Waals surface area contributed by atoms with Gasteiger partial charge >= 0.3 is 5.97 Å². The Morgan fingerprint density at radius 3 is 2.42 bits per heavy atom. The van der Waals surface area contributed by atoms with Gasteiger partial charge in [0.15, 0.2) is 6.10 Å². The Labute approximate surface area is 113 Å². The standard InChI is InChI=1S/C13H24N2O4/c1-14-13(6-3-2-4-7-13)9-11(17)15-8-5-10(16)12(18)19/h10,14,16H,2-9H2,1H3,(H,15,17)(H,18,19). The summed E-state index contributed by atoms with van der Waals surface area (Å²) in [5.74, 6) is -1.35. The molecule has 0 heterocycles. The van der Waals surface area contributed by atoms with Gasteiger partial charge in [-0.15, -0.1) is 0 Å². The summed E-state index contributed by atoms with van der Waals surface area (Å²) in [7, 11) is 1.88. The molecule has 0 aromatic carbocycles. The maximum absolute atomic E-state index is 11.8. The van der Waals surface area contributed by atoms with Gasteiger partial charge in [-0.25, -0.2) is 4.79 Å². The van der Waals surface area contributed by atoms with Crippen molar-refractivity contribution in [1.29, 1.82) is 0 Å². The summed E-state index contributed by atoms with van der Waals surface area (Å²) < 4.78 is 0. The fourth-order valence-corrected chi connectivity index (χ4v) is 2.59. The number of carboxylic acid groups (broad SMARTS) is 1. The quantitative estimate of drug-likeness (QED) is 0.532. The zero-order chi connectivity index (χ0) is 14.3. The third kappa shape index (κ3) is 5.16. The molecule has 6 heteroatoms. The summed E-state index contributed by atoms with van der Waals surface area (Å²) in [6.45, 7) is 0.187. The maximum Gasteiger partial charge on any atom is 0.332 e. The van der Waals surface area contributed by atoms with Crippen LogP contribution in [0.2, 0.25) is 0 Å². The van der Waals surface area contributed by atoms with Crippen molar-refractivity contribution >= 4 is 11.9 Å². The van der Waals surface area contributed by atoms with E-state index in [0.717, 1.165) is 25.7 Å². The van der Waals surface area contributed by atoms with Crippen LogP contribution in [0.4, 0.5) is 0 Å². The number of hydrogen-bond acceptors (Lipinski definition) is 4. The number of carbonyl (C=O) groups excluding carboxylic acids is 1. The van der Waals surface area contributed by atoms with Crippen LogP contribution in [0, 0.1) is 0 Å². The molecule has 0 spiro atoms. The highest BCUT2D eigenvalue weighted by atomic mass is 16.4. The van der Waals surface area contributed by atoms with E-state index in [4.69, 9.17) is 10.2 Å². The Morgan fingerprint density at radius 1 is 1.26 bits per heavy atom. The molecule has 0 radical (unpaired) electrons. The second-order valence-electron chi connectivity index (χ2n) is 5.26. The van der Waals surface area contributed by atoms with Crippen molar-refractivity contribution in [1.82, 2.24) is 10.6 Å². The second kappa shape index (κ2) is 7.45. The SMILES string of the molecule is CNC1(CC(=O)NCCC(O)C(=O)O)CCCCC1. The number of aliphatic carboxylic acids is 1. The molecule has 19 heavy (non-hydrogen) atoms. The average Bonchev–Trinajstić information content (AvgIpc) is 2.39. The first kappa shape index (κ1) is 15.9. The molecule has 1 unspecified atom stereocenters. The molecule has 0 aromatic rings. The van der Waals surface area contributed by atoms with Crippen LogP contribution in [0.1, 0.15) is 44.9 Å². The number of carboxylic acids is 1. The van der Waals surface area contributed by atoms with Crippen molar-refractivity contribution in [2.75, 3.05) is 13.6 Å². The molecule has 0 bridgehead atoms. The molecule has 1 aliphatic carbocycles. The molecule has 1 saturated carbocycles. The minimum absolute atomic E-state index is 0.0353. The minimum atomic E-state index is -1.41. The first-order chi connectivity index (χ1) is 8.99. The molecular weight excluding hydrogens is 248 g/mol. The highest BCUT2D eigenvalue weighted by molar-refractivity contribution is 5.77. The number of amides is 1. The predicted molar refractivity (Wildman–Crippen MR) is 70.8 cm³/mol. The molecule has 0 aromatic heterocycles. The molecule has 1 aliphatic rings. The van der Waals surface area contributed by atoms with Gasteiger partial charge in [-0.2, -0.15) is 0 Å². The summed E-state index contributed by atoms with van der Waals surface area (Å²) in [4.78, 5) is 22.3. The van der Waals surface area contributed by atoms with Crippen molar-refractivity contribution in [3.8, 4) is 0 Å². The number of rotatable bonds is 7. The van der Waals surface area contributed by atoms with Gasteiger partial charge in [0.25, 0.3) is 0 Å². The van der Waals surface area contributed by atoms with Crippen LogP contribution in [-0.2, 0) is 9.59 Å². The normalized spacial score (nSPS) is 19.7. The van der Waals surface area contributed by atoms with Gasteiger partial charge in [0.05, 0.1) is 0 Å². The van der Waals surface area contributed by atoms with Crippen LogP contribution >= 0.6 is 0 Å². The predicted octanol–water partition coefficient (Wildman–Crippen LogP) is 0.251. The van der Waals surface area contributed by atoms with Crippen LogP contribution < -0.4 is 10.6 Å². The van der Waals surface area contributed by atoms with Crippen LogP contribution in [-0.4, -0.2) is 47.3 Å². The summed E-state index contributed by atoms with van der Waals surface area (Å²) in [5.41, 5.74) is -0.117. The average molecular weight is 272 g/mol. The Kier molecular flexibility index (Phi) is 6.24. The van der Waals surface area contributed by atoms with Crippen molar-refractivity contribution < 1.29 is 19.8 Å². The van der Waals surface area contributed by atoms with Crippen molar-refractivity contribution in [2.24, 2.45) is 0 Å². The molecule has 1 amide bonds. The molecule has 110 valence electrons. The van der Waals surface area contributed by atoms with E-state index in [1.54, 1.807) is 0 Å². The summed E-state index contributed by atoms with van der Waals surface area (Å²) in [6.07, 6.45) is 4.50. The molecule has 0 saturated heterocycles. The van der Waals surface area contributed by atoms with E-state index in [9.17, 15) is 9.59 Å². The minimum Gasteiger partial charge on any atom is -0.479 e. The molecule has 1 atom stereocenters. The van der Waals surface area contributed by atoms with Gasteiger partial charge in [0.2, 0.25) is 5.91 Å². The second-order valence-corrected chi connectivity index (χ2v) is 5.26. The van der Waals surface area contributed by atoms with Crippen molar-refractivity contribution in [3.63, 3.8) is 0 Å². The van der Waals surface area contributed by atoms with Crippen molar-refractivity contribution in [2.45, 2.75) is 56.6 Å². The van der Waals surface area contributed by atoms with E-state index < -0.39 is 12.1 Å². The molecule has 1 fully saturated rings. The first-order valence-electron chi connectivity index (χ1n) is 6.85. The maximum atomic E-state index is 11.8. The fourth-order valence-electron chi connectivity index (χ4n) is 2.59. The first-order valence-corrected chi connectivity index (χ1v) is 6.85. The molecular formula is C13H24N2O4. The fraction of sp³-hybridized carbons (Fsp3) is 0.846. The zero-order valence-corrected chi connectivity index (χ0v) is 11.4. The Morgan fingerprint density at radius 2 is 1.89 bits per heavy atom. The molecule has 6 nitrogen and oxygen atoms in total. The van der Waals surface area contributed by atoms with Gasteiger partial charge in [0.1, 0.15) is 0 Å². The Bertz CT molecular complexity index is 314. The van der Waals surface area contributed by atoms with E-state index in [1.165, 1.54) is 6.42 Å². The van der Waals surface area contributed by atoms with E-state index in [-0.39, 0.29) is 24.4 Å². The highest BCUT2D eigenvalue weighted by Crippen LogP contribution is 2.30. The van der Waals surface area contributed by atoms with Gasteiger partial charge in [-0.1, -0.05) is 19.3 Å². The van der Waals surface area contributed by atoms with E-state index >= 15 is 0 Å². The van der Waals surface area contributed by atoms with Gasteiger partial charge in [-0.05, 0) is 19.9 Å². The van der Waals surface area contributed by atoms with Crippen LogP contribution in [0.15, 0.2) is 0 Å². The number of aliphatic hydroxyl groups excluding tert-OH is 1. The van der Waals surface area contributed by atoms with Crippen LogP contribution in [0.3, 0.4) is 0 Å². The molecule has 4 N–H and O–H groups in total. The van der Waals surface area contributed by atoms with E-state index in [2.05, 4.69) is 10.6 Å². The number of nitrogens with one attached hydrogen (secondary N) is 2.